The third kappa shape index (κ3) is 2.43. The largest absolute Gasteiger partial charge is 0.586 e. The van der Waals surface area contributed by atoms with E-state index in [1.165, 1.54) is 18.2 Å². The molecule has 4 nitrogen and oxygen atoms in total. The first-order chi connectivity index (χ1) is 7.93. The molecule has 0 aromatic heterocycles. The lowest BCUT2D eigenvalue weighted by Gasteiger charge is -2.15. The quantitative estimate of drug-likeness (QED) is 0.817. The van der Waals surface area contributed by atoms with Crippen LogP contribution in [0.3, 0.4) is 0 Å². The highest BCUT2D eigenvalue weighted by Gasteiger charge is 2.43. The second-order valence-electron chi connectivity index (χ2n) is 3.54. The van der Waals surface area contributed by atoms with E-state index in [9.17, 15) is 19.0 Å². The van der Waals surface area contributed by atoms with Gasteiger partial charge in [-0.05, 0) is 17.7 Å². The van der Waals surface area contributed by atoms with Crippen LogP contribution in [0.25, 0.3) is 0 Å². The first-order valence-electron chi connectivity index (χ1n) is 4.75. The summed E-state index contributed by atoms with van der Waals surface area (Å²) in [5.41, 5.74) is 0.221. The average molecular weight is 267 g/mol. The zero-order chi connectivity index (χ0) is 12.6. The molecular formula is C10H9ClF2O4. The molecule has 1 aliphatic heterocycles. The van der Waals surface area contributed by atoms with Crippen LogP contribution in [-0.2, 0) is 0 Å². The lowest BCUT2D eigenvalue weighted by molar-refractivity contribution is -0.286. The van der Waals surface area contributed by atoms with Crippen molar-refractivity contribution in [3.8, 4) is 11.5 Å². The van der Waals surface area contributed by atoms with E-state index in [2.05, 4.69) is 9.47 Å². The Morgan fingerprint density at radius 2 is 1.88 bits per heavy atom. The highest BCUT2D eigenvalue weighted by molar-refractivity contribution is 6.18. The van der Waals surface area contributed by atoms with Crippen LogP contribution in [0.1, 0.15) is 11.7 Å². The second-order valence-corrected chi connectivity index (χ2v) is 3.85. The van der Waals surface area contributed by atoms with Gasteiger partial charge < -0.3 is 19.7 Å². The zero-order valence-corrected chi connectivity index (χ0v) is 9.19. The summed E-state index contributed by atoms with van der Waals surface area (Å²) < 4.78 is 33.8. The van der Waals surface area contributed by atoms with Crippen molar-refractivity contribution in [2.45, 2.75) is 18.5 Å². The maximum Gasteiger partial charge on any atom is 0.586 e. The molecule has 0 amide bonds. The van der Waals surface area contributed by atoms with Gasteiger partial charge in [0.25, 0.3) is 0 Å². The van der Waals surface area contributed by atoms with E-state index in [1.807, 2.05) is 0 Å². The van der Waals surface area contributed by atoms with Crippen LogP contribution in [0.4, 0.5) is 8.78 Å². The smallest absolute Gasteiger partial charge is 0.395 e. The van der Waals surface area contributed by atoms with Crippen LogP contribution < -0.4 is 9.47 Å². The normalized spacial score (nSPS) is 20.1. The summed E-state index contributed by atoms with van der Waals surface area (Å²) in [6, 6.07) is 3.76. The fourth-order valence-electron chi connectivity index (χ4n) is 1.46. The maximum absolute atomic E-state index is 12.7. The molecule has 17 heavy (non-hydrogen) atoms. The molecule has 94 valence electrons. The Balaban J connectivity index is 2.24. The predicted octanol–water partition coefficient (Wildman–Crippen LogP) is 1.64. The van der Waals surface area contributed by atoms with Gasteiger partial charge in [-0.2, -0.15) is 0 Å². The topological polar surface area (TPSA) is 58.9 Å². The fraction of sp³-hybridized carbons (Fsp3) is 0.400. The van der Waals surface area contributed by atoms with Crippen molar-refractivity contribution >= 4 is 11.6 Å². The zero-order valence-electron chi connectivity index (χ0n) is 8.44. The van der Waals surface area contributed by atoms with Gasteiger partial charge in [-0.1, -0.05) is 6.07 Å². The fourth-order valence-corrected chi connectivity index (χ4v) is 1.62. The third-order valence-corrected chi connectivity index (χ3v) is 2.61. The first-order valence-corrected chi connectivity index (χ1v) is 5.28. The van der Waals surface area contributed by atoms with Crippen LogP contribution in [0.15, 0.2) is 18.2 Å². The summed E-state index contributed by atoms with van der Waals surface area (Å²) in [6.07, 6.45) is -6.15. The molecule has 0 bridgehead atoms. The van der Waals surface area contributed by atoms with Gasteiger partial charge in [-0.25, -0.2) is 0 Å². The number of fused-ring (bicyclic) bond motifs is 1. The summed E-state index contributed by atoms with van der Waals surface area (Å²) in [4.78, 5) is 0. The molecular weight excluding hydrogens is 258 g/mol. The van der Waals surface area contributed by atoms with Gasteiger partial charge in [0.15, 0.2) is 11.5 Å². The highest BCUT2D eigenvalue weighted by Crippen LogP contribution is 2.42. The Morgan fingerprint density at radius 1 is 1.24 bits per heavy atom. The van der Waals surface area contributed by atoms with Gasteiger partial charge >= 0.3 is 6.29 Å². The van der Waals surface area contributed by atoms with Gasteiger partial charge in [0.05, 0.1) is 12.0 Å². The number of ether oxygens (including phenoxy) is 2. The highest BCUT2D eigenvalue weighted by atomic mass is 35.5. The Hall–Kier alpha value is -1.11. The van der Waals surface area contributed by atoms with E-state index in [0.29, 0.717) is 0 Å². The van der Waals surface area contributed by atoms with Crippen LogP contribution in [0, 0.1) is 0 Å². The van der Waals surface area contributed by atoms with Gasteiger partial charge in [-0.3, -0.25) is 0 Å². The summed E-state index contributed by atoms with van der Waals surface area (Å²) in [5, 5.41) is 19.0. The molecule has 1 aromatic carbocycles. The van der Waals surface area contributed by atoms with E-state index in [0.717, 1.165) is 0 Å². The molecule has 0 aliphatic carbocycles. The summed E-state index contributed by atoms with van der Waals surface area (Å²) in [5.74, 6) is -0.481. The van der Waals surface area contributed by atoms with E-state index >= 15 is 0 Å². The monoisotopic (exact) mass is 266 g/mol. The van der Waals surface area contributed by atoms with Gasteiger partial charge in [0.2, 0.25) is 0 Å². The molecule has 2 rings (SSSR count). The van der Waals surface area contributed by atoms with Crippen LogP contribution >= 0.6 is 11.6 Å². The van der Waals surface area contributed by atoms with E-state index in [-0.39, 0.29) is 22.9 Å². The molecule has 2 N–H and O–H groups in total. The summed E-state index contributed by atoms with van der Waals surface area (Å²) in [6.45, 7) is 0. The van der Waals surface area contributed by atoms with Crippen molar-refractivity contribution in [2.24, 2.45) is 0 Å². The number of halogens is 3. The Kier molecular flexibility index (Phi) is 3.11. The van der Waals surface area contributed by atoms with Crippen molar-refractivity contribution in [2.75, 3.05) is 5.88 Å². The molecule has 1 aromatic rings. The number of aliphatic hydroxyl groups excluding tert-OH is 2. The van der Waals surface area contributed by atoms with Crippen molar-refractivity contribution in [3.63, 3.8) is 0 Å². The number of aliphatic hydroxyl groups is 2. The van der Waals surface area contributed by atoms with Gasteiger partial charge in [0, 0.05) is 0 Å². The average Bonchev–Trinajstić information content (AvgIpc) is 2.59. The lowest BCUT2D eigenvalue weighted by Crippen LogP contribution is -2.26. The van der Waals surface area contributed by atoms with Gasteiger partial charge in [0.1, 0.15) is 6.10 Å². The van der Waals surface area contributed by atoms with E-state index in [4.69, 9.17) is 11.6 Å². The van der Waals surface area contributed by atoms with Crippen molar-refractivity contribution < 1.29 is 28.5 Å². The number of alkyl halides is 3. The summed E-state index contributed by atoms with van der Waals surface area (Å²) in [7, 11) is 0. The Bertz CT molecular complexity index is 427. The first kappa shape index (κ1) is 12.3. The summed E-state index contributed by atoms with van der Waals surface area (Å²) >= 11 is 5.37. The minimum atomic E-state index is -3.70. The second kappa shape index (κ2) is 4.29. The molecule has 0 saturated heterocycles. The van der Waals surface area contributed by atoms with Crippen LogP contribution in [0.2, 0.25) is 0 Å². The predicted molar refractivity (Wildman–Crippen MR) is 54.3 cm³/mol. The van der Waals surface area contributed by atoms with E-state index in [1.54, 1.807) is 0 Å². The number of hydrogen-bond donors (Lipinski definition) is 2. The molecule has 7 heteroatoms. The Morgan fingerprint density at radius 3 is 2.53 bits per heavy atom. The number of rotatable bonds is 3. The Labute approximate surface area is 100 Å². The maximum atomic E-state index is 12.7. The molecule has 0 spiro atoms. The number of hydrogen-bond acceptors (Lipinski definition) is 4. The van der Waals surface area contributed by atoms with E-state index < -0.39 is 18.5 Å². The lowest BCUT2D eigenvalue weighted by atomic mass is 10.0. The molecule has 0 saturated carbocycles. The number of benzene rings is 1. The molecule has 0 radical (unpaired) electrons. The molecule has 0 fully saturated rings. The van der Waals surface area contributed by atoms with Crippen molar-refractivity contribution in [1.82, 2.24) is 0 Å². The molecule has 2 atom stereocenters. The SMILES string of the molecule is OC(CCl)C(O)c1ccc2c(c1)OC(F)(F)O2. The van der Waals surface area contributed by atoms with Crippen molar-refractivity contribution in [1.29, 1.82) is 0 Å². The van der Waals surface area contributed by atoms with Gasteiger partial charge in [-0.15, -0.1) is 20.4 Å². The molecule has 1 heterocycles. The standard InChI is InChI=1S/C10H9ClF2O4/c11-4-6(14)9(15)5-1-2-7-8(3-5)17-10(12,13)16-7/h1-3,6,9,14-15H,4H2. The van der Waals surface area contributed by atoms with Crippen LogP contribution in [0.5, 0.6) is 11.5 Å². The van der Waals surface area contributed by atoms with Crippen molar-refractivity contribution in [3.05, 3.63) is 23.8 Å². The molecule has 2 unspecified atom stereocenters. The minimum absolute atomic E-state index is 0.119. The van der Waals surface area contributed by atoms with Crippen LogP contribution in [-0.4, -0.2) is 28.5 Å². The molecule has 1 aliphatic rings. The third-order valence-electron chi connectivity index (χ3n) is 2.29. The minimum Gasteiger partial charge on any atom is -0.395 e.